The lowest BCUT2D eigenvalue weighted by Gasteiger charge is -2.22. The zero-order valence-corrected chi connectivity index (χ0v) is 17.0. The van der Waals surface area contributed by atoms with Crippen LogP contribution in [0.15, 0.2) is 77.4 Å². The standard InChI is InChI=1S/C23H25N3O4/c1-17(2)30-20-12-10-19(11-13-20)22(27)24-25-23(28)26(16-21-9-6-14-29-21)15-18-7-4-3-5-8-18/h3-14,17H,15-16H2,1-2H3,(H,24,27)(H,25,28). The highest BCUT2D eigenvalue weighted by molar-refractivity contribution is 5.95. The largest absolute Gasteiger partial charge is 0.491 e. The number of hydrazine groups is 1. The number of rotatable bonds is 7. The zero-order chi connectivity index (χ0) is 21.3. The molecule has 0 aliphatic rings. The van der Waals surface area contributed by atoms with Gasteiger partial charge < -0.3 is 14.1 Å². The van der Waals surface area contributed by atoms with E-state index < -0.39 is 11.9 Å². The van der Waals surface area contributed by atoms with Crippen molar-refractivity contribution in [2.75, 3.05) is 0 Å². The fraction of sp³-hybridized carbons (Fsp3) is 0.217. The number of hydrogen-bond acceptors (Lipinski definition) is 4. The first-order valence-electron chi connectivity index (χ1n) is 9.69. The average molecular weight is 407 g/mol. The molecule has 0 spiro atoms. The molecule has 156 valence electrons. The van der Waals surface area contributed by atoms with Gasteiger partial charge in [0, 0.05) is 12.1 Å². The van der Waals surface area contributed by atoms with E-state index in [1.165, 1.54) is 0 Å². The van der Waals surface area contributed by atoms with Gasteiger partial charge in [0.1, 0.15) is 11.5 Å². The Morgan fingerprint density at radius 3 is 2.30 bits per heavy atom. The Labute approximate surface area is 175 Å². The van der Waals surface area contributed by atoms with Crippen LogP contribution < -0.4 is 15.6 Å². The Kier molecular flexibility index (Phi) is 7.10. The number of amides is 3. The van der Waals surface area contributed by atoms with Crippen LogP contribution in [0.4, 0.5) is 4.79 Å². The van der Waals surface area contributed by atoms with E-state index in [4.69, 9.17) is 9.15 Å². The van der Waals surface area contributed by atoms with E-state index in [1.807, 2.05) is 44.2 Å². The van der Waals surface area contributed by atoms with Crippen LogP contribution >= 0.6 is 0 Å². The molecule has 0 saturated heterocycles. The molecule has 1 aromatic heterocycles. The van der Waals surface area contributed by atoms with Crippen molar-refractivity contribution < 1.29 is 18.7 Å². The number of carbonyl (C=O) groups is 2. The van der Waals surface area contributed by atoms with E-state index in [2.05, 4.69) is 10.9 Å². The fourth-order valence-electron chi connectivity index (χ4n) is 2.81. The number of carbonyl (C=O) groups excluding carboxylic acids is 2. The van der Waals surface area contributed by atoms with Crippen LogP contribution in [0, 0.1) is 0 Å². The molecular formula is C23H25N3O4. The summed E-state index contributed by atoms with van der Waals surface area (Å²) >= 11 is 0. The first-order chi connectivity index (χ1) is 14.5. The summed E-state index contributed by atoms with van der Waals surface area (Å²) in [5.74, 6) is 0.906. The van der Waals surface area contributed by atoms with Crippen molar-refractivity contribution in [1.82, 2.24) is 15.8 Å². The molecule has 7 nitrogen and oxygen atoms in total. The highest BCUT2D eigenvalue weighted by atomic mass is 16.5. The van der Waals surface area contributed by atoms with E-state index >= 15 is 0 Å². The maximum atomic E-state index is 12.7. The third-order valence-corrected chi connectivity index (χ3v) is 4.20. The molecule has 2 aromatic carbocycles. The van der Waals surface area contributed by atoms with Gasteiger partial charge in [-0.25, -0.2) is 10.2 Å². The van der Waals surface area contributed by atoms with Crippen molar-refractivity contribution in [3.63, 3.8) is 0 Å². The quantitative estimate of drug-likeness (QED) is 0.577. The number of ether oxygens (including phenoxy) is 1. The number of hydrogen-bond donors (Lipinski definition) is 2. The minimum Gasteiger partial charge on any atom is -0.491 e. The second-order valence-corrected chi connectivity index (χ2v) is 7.00. The molecule has 0 atom stereocenters. The number of urea groups is 1. The van der Waals surface area contributed by atoms with E-state index in [-0.39, 0.29) is 12.6 Å². The summed E-state index contributed by atoms with van der Waals surface area (Å²) < 4.78 is 10.9. The Morgan fingerprint density at radius 2 is 1.67 bits per heavy atom. The third-order valence-electron chi connectivity index (χ3n) is 4.20. The second kappa shape index (κ2) is 10.2. The molecule has 0 aliphatic carbocycles. The van der Waals surface area contributed by atoms with Gasteiger partial charge >= 0.3 is 6.03 Å². The Hall–Kier alpha value is -3.74. The van der Waals surface area contributed by atoms with Gasteiger partial charge in [0.05, 0.1) is 18.9 Å². The number of benzene rings is 2. The van der Waals surface area contributed by atoms with E-state index in [0.717, 1.165) is 5.56 Å². The molecular weight excluding hydrogens is 382 g/mol. The topological polar surface area (TPSA) is 83.8 Å². The van der Waals surface area contributed by atoms with Gasteiger partial charge in [-0.15, -0.1) is 0 Å². The van der Waals surface area contributed by atoms with Crippen LogP contribution in [-0.2, 0) is 13.1 Å². The predicted molar refractivity (Wildman–Crippen MR) is 113 cm³/mol. The van der Waals surface area contributed by atoms with Crippen molar-refractivity contribution in [2.24, 2.45) is 0 Å². The van der Waals surface area contributed by atoms with E-state index in [0.29, 0.717) is 23.6 Å². The van der Waals surface area contributed by atoms with Crippen LogP contribution in [0.2, 0.25) is 0 Å². The molecule has 0 unspecified atom stereocenters. The van der Waals surface area contributed by atoms with Gasteiger partial charge in [-0.05, 0) is 55.8 Å². The summed E-state index contributed by atoms with van der Waals surface area (Å²) in [5.41, 5.74) is 6.30. The molecule has 0 aliphatic heterocycles. The lowest BCUT2D eigenvalue weighted by Crippen LogP contribution is -2.48. The molecule has 0 bridgehead atoms. The Bertz CT molecular complexity index is 938. The SMILES string of the molecule is CC(C)Oc1ccc(C(=O)NNC(=O)N(Cc2ccccc2)Cc2ccco2)cc1. The normalized spacial score (nSPS) is 10.5. The van der Waals surface area contributed by atoms with Crippen molar-refractivity contribution >= 4 is 11.9 Å². The monoisotopic (exact) mass is 407 g/mol. The zero-order valence-electron chi connectivity index (χ0n) is 17.0. The first kappa shape index (κ1) is 21.0. The molecule has 3 amide bonds. The van der Waals surface area contributed by atoms with Crippen LogP contribution in [-0.4, -0.2) is 22.9 Å². The van der Waals surface area contributed by atoms with E-state index in [1.54, 1.807) is 47.6 Å². The lowest BCUT2D eigenvalue weighted by atomic mass is 10.2. The van der Waals surface area contributed by atoms with Crippen molar-refractivity contribution in [3.8, 4) is 5.75 Å². The van der Waals surface area contributed by atoms with Crippen molar-refractivity contribution in [3.05, 3.63) is 89.9 Å². The highest BCUT2D eigenvalue weighted by Crippen LogP contribution is 2.14. The van der Waals surface area contributed by atoms with Crippen LogP contribution in [0.3, 0.4) is 0 Å². The number of nitrogens with zero attached hydrogens (tertiary/aromatic N) is 1. The smallest absolute Gasteiger partial charge is 0.336 e. The van der Waals surface area contributed by atoms with Gasteiger partial charge in [-0.1, -0.05) is 30.3 Å². The summed E-state index contributed by atoms with van der Waals surface area (Å²) in [7, 11) is 0. The minimum absolute atomic E-state index is 0.0497. The second-order valence-electron chi connectivity index (χ2n) is 7.00. The van der Waals surface area contributed by atoms with Crippen LogP contribution in [0.25, 0.3) is 0 Å². The molecule has 0 radical (unpaired) electrons. The molecule has 3 aromatic rings. The molecule has 1 heterocycles. The number of furan rings is 1. The Balaban J connectivity index is 1.61. The molecule has 7 heteroatoms. The summed E-state index contributed by atoms with van der Waals surface area (Å²) in [4.78, 5) is 26.6. The van der Waals surface area contributed by atoms with Gasteiger partial charge in [-0.3, -0.25) is 10.2 Å². The minimum atomic E-state index is -0.441. The van der Waals surface area contributed by atoms with Gasteiger partial charge in [-0.2, -0.15) is 0 Å². The Morgan fingerprint density at radius 1 is 0.933 bits per heavy atom. The molecule has 30 heavy (non-hydrogen) atoms. The van der Waals surface area contributed by atoms with Gasteiger partial charge in [0.15, 0.2) is 0 Å². The van der Waals surface area contributed by atoms with Crippen molar-refractivity contribution in [1.29, 1.82) is 0 Å². The van der Waals surface area contributed by atoms with Crippen LogP contribution in [0.5, 0.6) is 5.75 Å². The highest BCUT2D eigenvalue weighted by Gasteiger charge is 2.17. The molecule has 2 N–H and O–H groups in total. The van der Waals surface area contributed by atoms with Gasteiger partial charge in [0.2, 0.25) is 0 Å². The molecule has 3 rings (SSSR count). The maximum absolute atomic E-state index is 12.7. The lowest BCUT2D eigenvalue weighted by molar-refractivity contribution is 0.0928. The molecule has 0 saturated carbocycles. The fourth-order valence-corrected chi connectivity index (χ4v) is 2.81. The summed E-state index contributed by atoms with van der Waals surface area (Å²) in [6.07, 6.45) is 1.61. The van der Waals surface area contributed by atoms with Gasteiger partial charge in [0.25, 0.3) is 5.91 Å². The third kappa shape index (κ3) is 6.13. The average Bonchev–Trinajstić information content (AvgIpc) is 3.25. The van der Waals surface area contributed by atoms with Crippen LogP contribution in [0.1, 0.15) is 35.5 Å². The predicted octanol–water partition coefficient (Wildman–Crippen LogP) is 4.12. The number of nitrogens with one attached hydrogen (secondary N) is 2. The first-order valence-corrected chi connectivity index (χ1v) is 9.69. The van der Waals surface area contributed by atoms with E-state index in [9.17, 15) is 9.59 Å². The maximum Gasteiger partial charge on any atom is 0.336 e. The summed E-state index contributed by atoms with van der Waals surface area (Å²) in [5, 5.41) is 0. The van der Waals surface area contributed by atoms with Crippen molar-refractivity contribution in [2.45, 2.75) is 33.0 Å². The summed E-state index contributed by atoms with van der Waals surface area (Å²) in [6.45, 7) is 4.50. The summed E-state index contributed by atoms with van der Waals surface area (Å²) in [6, 6.07) is 19.4. The molecule has 0 fully saturated rings.